The van der Waals surface area contributed by atoms with Gasteiger partial charge in [0.2, 0.25) is 0 Å². The molecule has 0 atom stereocenters. The molecule has 6 heteroatoms. The Balaban J connectivity index is 0.00000210. The number of aromatic nitrogens is 2. The Morgan fingerprint density at radius 1 is 1.07 bits per heavy atom. The van der Waals surface area contributed by atoms with Gasteiger partial charge in [0, 0.05) is 24.1 Å². The molecule has 140 valence electrons. The predicted molar refractivity (Wildman–Crippen MR) is 100 cm³/mol. The van der Waals surface area contributed by atoms with Gasteiger partial charge in [-0.1, -0.05) is 29.8 Å². The van der Waals surface area contributed by atoms with Gasteiger partial charge in [-0.2, -0.15) is 4.57 Å². The Morgan fingerprint density at radius 3 is 2.59 bits per heavy atom. The number of non-ortho nitro benzene ring substituents is 1. The highest BCUT2D eigenvalue weighted by atomic mass is 79.9. The van der Waals surface area contributed by atoms with Crippen molar-refractivity contribution in [1.82, 2.24) is 4.57 Å². The maximum absolute atomic E-state index is 11.2. The molecule has 0 bridgehead atoms. The van der Waals surface area contributed by atoms with Crippen molar-refractivity contribution in [3.63, 3.8) is 0 Å². The van der Waals surface area contributed by atoms with E-state index in [1.54, 1.807) is 18.2 Å². The summed E-state index contributed by atoms with van der Waals surface area (Å²) in [6.45, 7) is 3.08. The zero-order chi connectivity index (χ0) is 18.1. The maximum Gasteiger partial charge on any atom is 0.270 e. The van der Waals surface area contributed by atoms with Crippen molar-refractivity contribution in [2.75, 3.05) is 0 Å². The fourth-order valence-electron chi connectivity index (χ4n) is 3.70. The molecule has 2 heterocycles. The molecule has 4 rings (SSSR count). The quantitative estimate of drug-likeness (QED) is 0.360. The first-order valence-electron chi connectivity index (χ1n) is 9.09. The molecule has 1 aliphatic heterocycles. The molecule has 3 aromatic rings. The predicted octanol–water partition coefficient (Wildman–Crippen LogP) is 1.38. The van der Waals surface area contributed by atoms with Crippen LogP contribution in [-0.4, -0.2) is 9.49 Å². The van der Waals surface area contributed by atoms with Crippen molar-refractivity contribution in [3.05, 3.63) is 76.2 Å². The zero-order valence-corrected chi connectivity index (χ0v) is 16.9. The summed E-state index contributed by atoms with van der Waals surface area (Å²) in [5, 5.41) is 11.2. The van der Waals surface area contributed by atoms with Crippen LogP contribution in [0.1, 0.15) is 30.7 Å². The van der Waals surface area contributed by atoms with Crippen LogP contribution in [0.2, 0.25) is 0 Å². The van der Waals surface area contributed by atoms with E-state index in [1.807, 2.05) is 6.07 Å². The minimum atomic E-state index is -0.333. The Bertz CT molecular complexity index is 964. The molecular weight excluding hydrogens is 406 g/mol. The number of fused-ring (bicyclic) bond motifs is 1. The first-order valence-corrected chi connectivity index (χ1v) is 9.09. The van der Waals surface area contributed by atoms with Crippen LogP contribution in [0.4, 0.5) is 5.69 Å². The SMILES string of the molecule is Cc1ccc(-n2c(-c3cccc([N+](=O)[O-])c3)c[n+]3c2CCCCC3)cc1.[Br-]. The number of imidazole rings is 1. The monoisotopic (exact) mass is 427 g/mol. The summed E-state index contributed by atoms with van der Waals surface area (Å²) < 4.78 is 4.59. The number of benzene rings is 2. The van der Waals surface area contributed by atoms with Crippen LogP contribution >= 0.6 is 0 Å². The average molecular weight is 428 g/mol. The summed E-state index contributed by atoms with van der Waals surface area (Å²) in [6, 6.07) is 15.4. The van der Waals surface area contributed by atoms with Gasteiger partial charge in [0.25, 0.3) is 11.5 Å². The second kappa shape index (κ2) is 8.05. The maximum atomic E-state index is 11.2. The zero-order valence-electron chi connectivity index (χ0n) is 15.3. The number of nitrogens with zero attached hydrogens (tertiary/aromatic N) is 3. The molecule has 0 unspecified atom stereocenters. The number of hydrogen-bond donors (Lipinski definition) is 0. The number of halogens is 1. The summed E-state index contributed by atoms with van der Waals surface area (Å²) in [4.78, 5) is 10.9. The third-order valence-electron chi connectivity index (χ3n) is 5.05. The highest BCUT2D eigenvalue weighted by molar-refractivity contribution is 5.64. The van der Waals surface area contributed by atoms with Crippen molar-refractivity contribution < 1.29 is 26.5 Å². The van der Waals surface area contributed by atoms with E-state index in [0.29, 0.717) is 0 Å². The molecule has 1 aliphatic rings. The van der Waals surface area contributed by atoms with Crippen molar-refractivity contribution in [1.29, 1.82) is 0 Å². The number of nitro groups is 1. The van der Waals surface area contributed by atoms with Crippen LogP contribution in [0.3, 0.4) is 0 Å². The van der Waals surface area contributed by atoms with Crippen molar-refractivity contribution in [2.45, 2.75) is 39.2 Å². The van der Waals surface area contributed by atoms with Gasteiger partial charge in [-0.15, -0.1) is 0 Å². The van der Waals surface area contributed by atoms with Crippen LogP contribution in [0.5, 0.6) is 0 Å². The second-order valence-corrected chi connectivity index (χ2v) is 6.91. The number of nitro benzene ring substituents is 1. The van der Waals surface area contributed by atoms with E-state index in [2.05, 4.69) is 46.5 Å². The Hall–Kier alpha value is -2.47. The lowest BCUT2D eigenvalue weighted by atomic mass is 10.1. The Kier molecular flexibility index (Phi) is 5.75. The van der Waals surface area contributed by atoms with Gasteiger partial charge in [0.05, 0.1) is 11.5 Å². The van der Waals surface area contributed by atoms with E-state index in [-0.39, 0.29) is 27.6 Å². The standard InChI is InChI=1S/C21H22N3O2.BrH/c1-16-9-11-18(12-10-16)23-20(15-22-13-4-2-3-8-21(22)23)17-6-5-7-19(14-17)24(25)26;/h5-7,9-12,14-15H,2-4,8,13H2,1H3;1H/q+1;/p-1. The van der Waals surface area contributed by atoms with E-state index in [0.717, 1.165) is 29.9 Å². The van der Waals surface area contributed by atoms with Crippen LogP contribution in [0.25, 0.3) is 16.9 Å². The smallest absolute Gasteiger partial charge is 0.270 e. The molecule has 0 fully saturated rings. The molecule has 1 aromatic heterocycles. The van der Waals surface area contributed by atoms with Crippen LogP contribution in [-0.2, 0) is 13.0 Å². The van der Waals surface area contributed by atoms with Gasteiger partial charge in [-0.05, 0) is 38.3 Å². The fraction of sp³-hybridized carbons (Fsp3) is 0.286. The van der Waals surface area contributed by atoms with E-state index < -0.39 is 0 Å². The highest BCUT2D eigenvalue weighted by Crippen LogP contribution is 2.28. The first-order chi connectivity index (χ1) is 12.6. The molecule has 0 radical (unpaired) electrons. The second-order valence-electron chi connectivity index (χ2n) is 6.91. The first kappa shape index (κ1) is 19.3. The largest absolute Gasteiger partial charge is 1.00 e. The lowest BCUT2D eigenvalue weighted by Crippen LogP contribution is -3.00. The molecular formula is C21H22BrN3O2. The van der Waals surface area contributed by atoms with Crippen molar-refractivity contribution >= 4 is 5.69 Å². The van der Waals surface area contributed by atoms with Gasteiger partial charge < -0.3 is 17.0 Å². The van der Waals surface area contributed by atoms with E-state index in [4.69, 9.17) is 0 Å². The summed E-state index contributed by atoms with van der Waals surface area (Å²) >= 11 is 0. The number of hydrogen-bond acceptors (Lipinski definition) is 2. The van der Waals surface area contributed by atoms with Gasteiger partial charge >= 0.3 is 0 Å². The molecule has 0 spiro atoms. The number of rotatable bonds is 3. The van der Waals surface area contributed by atoms with Crippen molar-refractivity contribution in [2.24, 2.45) is 0 Å². The fourth-order valence-corrected chi connectivity index (χ4v) is 3.70. The van der Waals surface area contributed by atoms with E-state index >= 15 is 0 Å². The summed E-state index contributed by atoms with van der Waals surface area (Å²) in [5.74, 6) is 1.27. The topological polar surface area (TPSA) is 51.9 Å². The molecule has 2 aromatic carbocycles. The summed E-state index contributed by atoms with van der Waals surface area (Å²) in [6.07, 6.45) is 6.75. The van der Waals surface area contributed by atoms with Gasteiger partial charge in [0.15, 0.2) is 5.69 Å². The summed E-state index contributed by atoms with van der Waals surface area (Å²) in [7, 11) is 0. The van der Waals surface area contributed by atoms with Crippen LogP contribution < -0.4 is 21.5 Å². The average Bonchev–Trinajstić information content (AvgIpc) is 2.85. The molecule has 0 aliphatic carbocycles. The molecule has 0 N–H and O–H groups in total. The van der Waals surface area contributed by atoms with Gasteiger partial charge in [0.1, 0.15) is 11.9 Å². The Labute approximate surface area is 169 Å². The molecule has 0 amide bonds. The molecule has 0 saturated carbocycles. The lowest BCUT2D eigenvalue weighted by molar-refractivity contribution is -0.702. The van der Waals surface area contributed by atoms with Crippen LogP contribution in [0, 0.1) is 17.0 Å². The lowest BCUT2D eigenvalue weighted by Gasteiger charge is -2.06. The van der Waals surface area contributed by atoms with Crippen LogP contribution in [0.15, 0.2) is 54.7 Å². The van der Waals surface area contributed by atoms with Gasteiger partial charge in [-0.3, -0.25) is 10.1 Å². The molecule has 0 saturated heterocycles. The molecule has 5 nitrogen and oxygen atoms in total. The molecule has 27 heavy (non-hydrogen) atoms. The minimum Gasteiger partial charge on any atom is -1.00 e. The van der Waals surface area contributed by atoms with E-state index in [9.17, 15) is 10.1 Å². The minimum absolute atomic E-state index is 0. The Morgan fingerprint density at radius 2 is 1.85 bits per heavy atom. The third kappa shape index (κ3) is 3.81. The van der Waals surface area contributed by atoms with Gasteiger partial charge in [-0.25, -0.2) is 4.57 Å². The van der Waals surface area contributed by atoms with Crippen molar-refractivity contribution in [3.8, 4) is 16.9 Å². The third-order valence-corrected chi connectivity index (χ3v) is 5.05. The normalized spacial score (nSPS) is 13.4. The van der Waals surface area contributed by atoms with E-state index in [1.165, 1.54) is 30.7 Å². The number of aryl methyl sites for hydroxylation is 2. The summed E-state index contributed by atoms with van der Waals surface area (Å²) in [5.41, 5.74) is 4.33. The highest BCUT2D eigenvalue weighted by Gasteiger charge is 2.27.